The number of hydrogen-bond acceptors (Lipinski definition) is 5. The number of ether oxygens (including phenoxy) is 2. The van der Waals surface area contributed by atoms with Crippen LogP contribution in [0.2, 0.25) is 0 Å². The largest absolute Gasteiger partial charge is 0.464 e. The summed E-state index contributed by atoms with van der Waals surface area (Å²) in [5, 5.41) is 11.3. The van der Waals surface area contributed by atoms with Crippen molar-refractivity contribution in [1.82, 2.24) is 5.32 Å². The molecule has 0 fully saturated rings. The third-order valence-corrected chi connectivity index (χ3v) is 1.34. The predicted octanol–water partition coefficient (Wildman–Crippen LogP) is -0.852. The SMILES string of the molecule is COCCC(=O)OCCNCCO. The summed E-state index contributed by atoms with van der Waals surface area (Å²) < 4.78 is 9.54. The van der Waals surface area contributed by atoms with E-state index in [1.807, 2.05) is 0 Å². The number of rotatable bonds is 8. The molecular formula is C8H17NO4. The van der Waals surface area contributed by atoms with Crippen molar-refractivity contribution in [2.75, 3.05) is 40.0 Å². The molecule has 0 saturated heterocycles. The Kier molecular flexibility index (Phi) is 8.97. The standard InChI is InChI=1S/C8H17NO4/c1-12-6-2-8(11)13-7-4-9-3-5-10/h9-10H,2-7H2,1H3. The van der Waals surface area contributed by atoms with Gasteiger partial charge in [-0.15, -0.1) is 0 Å². The molecule has 0 aliphatic carbocycles. The van der Waals surface area contributed by atoms with Gasteiger partial charge in [0.1, 0.15) is 6.61 Å². The van der Waals surface area contributed by atoms with E-state index in [2.05, 4.69) is 5.32 Å². The van der Waals surface area contributed by atoms with Gasteiger partial charge in [0.05, 0.1) is 19.6 Å². The van der Waals surface area contributed by atoms with Gasteiger partial charge < -0.3 is 19.9 Å². The normalized spacial score (nSPS) is 10.0. The summed E-state index contributed by atoms with van der Waals surface area (Å²) in [4.78, 5) is 10.9. The number of aliphatic hydroxyl groups excluding tert-OH is 1. The lowest BCUT2D eigenvalue weighted by atomic mass is 10.5. The number of carbonyl (C=O) groups is 1. The second-order valence-electron chi connectivity index (χ2n) is 2.44. The van der Waals surface area contributed by atoms with Gasteiger partial charge in [-0.2, -0.15) is 0 Å². The van der Waals surface area contributed by atoms with Crippen molar-refractivity contribution in [1.29, 1.82) is 0 Å². The van der Waals surface area contributed by atoms with Crippen molar-refractivity contribution in [3.8, 4) is 0 Å². The van der Waals surface area contributed by atoms with Crippen LogP contribution >= 0.6 is 0 Å². The molecule has 0 aliphatic heterocycles. The van der Waals surface area contributed by atoms with Crippen LogP contribution in [0.5, 0.6) is 0 Å². The zero-order valence-electron chi connectivity index (χ0n) is 7.91. The molecule has 5 heteroatoms. The van der Waals surface area contributed by atoms with Crippen LogP contribution in [-0.2, 0) is 14.3 Å². The summed E-state index contributed by atoms with van der Waals surface area (Å²) in [6, 6.07) is 0. The molecule has 0 spiro atoms. The fourth-order valence-corrected chi connectivity index (χ4v) is 0.699. The second kappa shape index (κ2) is 9.44. The Balaban J connectivity index is 3.08. The summed E-state index contributed by atoms with van der Waals surface area (Å²) in [6.45, 7) is 1.91. The molecule has 0 rings (SSSR count). The predicted molar refractivity (Wildman–Crippen MR) is 47.4 cm³/mol. The first-order valence-corrected chi connectivity index (χ1v) is 4.27. The average molecular weight is 191 g/mol. The molecule has 0 aliphatic rings. The maximum atomic E-state index is 10.9. The first-order valence-electron chi connectivity index (χ1n) is 4.27. The number of esters is 1. The number of aliphatic hydroxyl groups is 1. The molecule has 0 aromatic carbocycles. The van der Waals surface area contributed by atoms with E-state index in [9.17, 15) is 4.79 Å². The summed E-state index contributed by atoms with van der Waals surface area (Å²) in [7, 11) is 1.54. The van der Waals surface area contributed by atoms with Gasteiger partial charge in [-0.1, -0.05) is 0 Å². The van der Waals surface area contributed by atoms with E-state index in [1.54, 1.807) is 0 Å². The van der Waals surface area contributed by atoms with Crippen LogP contribution < -0.4 is 5.32 Å². The Morgan fingerprint density at radius 3 is 2.77 bits per heavy atom. The third-order valence-electron chi connectivity index (χ3n) is 1.34. The van der Waals surface area contributed by atoms with Gasteiger partial charge in [0.25, 0.3) is 0 Å². The number of hydrogen-bond donors (Lipinski definition) is 2. The monoisotopic (exact) mass is 191 g/mol. The Hall–Kier alpha value is -0.650. The molecule has 5 nitrogen and oxygen atoms in total. The van der Waals surface area contributed by atoms with Gasteiger partial charge in [0, 0.05) is 20.2 Å². The molecule has 0 amide bonds. The van der Waals surface area contributed by atoms with Crippen molar-refractivity contribution in [2.45, 2.75) is 6.42 Å². The highest BCUT2D eigenvalue weighted by Gasteiger charge is 2.00. The second-order valence-corrected chi connectivity index (χ2v) is 2.44. The van der Waals surface area contributed by atoms with E-state index in [-0.39, 0.29) is 19.0 Å². The molecule has 0 bridgehead atoms. The summed E-state index contributed by atoms with van der Waals surface area (Å²) >= 11 is 0. The highest BCUT2D eigenvalue weighted by Crippen LogP contribution is 1.85. The summed E-state index contributed by atoms with van der Waals surface area (Å²) in [5.74, 6) is -0.257. The average Bonchev–Trinajstić information content (AvgIpc) is 2.14. The zero-order chi connectivity index (χ0) is 9.94. The van der Waals surface area contributed by atoms with E-state index in [4.69, 9.17) is 14.6 Å². The topological polar surface area (TPSA) is 67.8 Å². The molecule has 78 valence electrons. The van der Waals surface area contributed by atoms with Gasteiger partial charge in [-0.05, 0) is 0 Å². The lowest BCUT2D eigenvalue weighted by Gasteiger charge is -2.04. The first-order chi connectivity index (χ1) is 6.31. The minimum Gasteiger partial charge on any atom is -0.464 e. The minimum absolute atomic E-state index is 0.0949. The molecule has 2 N–H and O–H groups in total. The van der Waals surface area contributed by atoms with E-state index < -0.39 is 0 Å². The van der Waals surface area contributed by atoms with E-state index in [1.165, 1.54) is 7.11 Å². The number of methoxy groups -OCH3 is 1. The summed E-state index contributed by atoms with van der Waals surface area (Å²) in [5.41, 5.74) is 0. The van der Waals surface area contributed by atoms with Crippen LogP contribution in [0.25, 0.3) is 0 Å². The maximum Gasteiger partial charge on any atom is 0.308 e. The fourth-order valence-electron chi connectivity index (χ4n) is 0.699. The van der Waals surface area contributed by atoms with Crippen LogP contribution in [0.3, 0.4) is 0 Å². The molecule has 0 saturated carbocycles. The van der Waals surface area contributed by atoms with Gasteiger partial charge in [-0.3, -0.25) is 4.79 Å². The van der Waals surface area contributed by atoms with Gasteiger partial charge in [0.15, 0.2) is 0 Å². The summed E-state index contributed by atoms with van der Waals surface area (Å²) in [6.07, 6.45) is 0.288. The van der Waals surface area contributed by atoms with Gasteiger partial charge >= 0.3 is 5.97 Å². The molecular weight excluding hydrogens is 174 g/mol. The van der Waals surface area contributed by atoms with Crippen LogP contribution in [0.4, 0.5) is 0 Å². The van der Waals surface area contributed by atoms with Crippen molar-refractivity contribution in [3.63, 3.8) is 0 Å². The van der Waals surface area contributed by atoms with E-state index in [0.717, 1.165) is 0 Å². The molecule has 13 heavy (non-hydrogen) atoms. The lowest BCUT2D eigenvalue weighted by molar-refractivity contribution is -0.144. The van der Waals surface area contributed by atoms with E-state index >= 15 is 0 Å². The van der Waals surface area contributed by atoms with Crippen LogP contribution in [0.15, 0.2) is 0 Å². The molecule has 0 radical (unpaired) electrons. The Labute approximate surface area is 78.0 Å². The van der Waals surface area contributed by atoms with Gasteiger partial charge in [0.2, 0.25) is 0 Å². The number of nitrogens with one attached hydrogen (secondary N) is 1. The maximum absolute atomic E-state index is 10.9. The molecule has 0 heterocycles. The Bertz CT molecular complexity index is 129. The highest BCUT2D eigenvalue weighted by molar-refractivity contribution is 5.69. The lowest BCUT2D eigenvalue weighted by Crippen LogP contribution is -2.24. The third kappa shape index (κ3) is 9.26. The van der Waals surface area contributed by atoms with Crippen LogP contribution in [-0.4, -0.2) is 51.1 Å². The van der Waals surface area contributed by atoms with Crippen LogP contribution in [0, 0.1) is 0 Å². The van der Waals surface area contributed by atoms with Gasteiger partial charge in [-0.25, -0.2) is 0 Å². The highest BCUT2D eigenvalue weighted by atomic mass is 16.5. The quantitative estimate of drug-likeness (QED) is 0.386. The van der Waals surface area contributed by atoms with Crippen molar-refractivity contribution >= 4 is 5.97 Å². The zero-order valence-corrected chi connectivity index (χ0v) is 7.91. The number of carbonyl (C=O) groups excluding carboxylic acids is 1. The van der Waals surface area contributed by atoms with Crippen molar-refractivity contribution in [3.05, 3.63) is 0 Å². The molecule has 0 atom stereocenters. The molecule has 0 aromatic heterocycles. The van der Waals surface area contributed by atoms with Crippen LogP contribution in [0.1, 0.15) is 6.42 Å². The van der Waals surface area contributed by atoms with Crippen molar-refractivity contribution in [2.24, 2.45) is 0 Å². The first kappa shape index (κ1) is 12.3. The molecule has 0 aromatic rings. The minimum atomic E-state index is -0.257. The Morgan fingerprint density at radius 1 is 1.38 bits per heavy atom. The Morgan fingerprint density at radius 2 is 2.15 bits per heavy atom. The van der Waals surface area contributed by atoms with Crippen molar-refractivity contribution < 1.29 is 19.4 Å². The molecule has 0 unspecified atom stereocenters. The smallest absolute Gasteiger partial charge is 0.308 e. The fraction of sp³-hybridized carbons (Fsp3) is 0.875. The van der Waals surface area contributed by atoms with E-state index in [0.29, 0.717) is 26.3 Å².